The maximum atomic E-state index is 12.3. The highest BCUT2D eigenvalue weighted by Crippen LogP contribution is 2.19. The van der Waals surface area contributed by atoms with Crippen LogP contribution in [0.5, 0.6) is 0 Å². The number of hydrogen-bond donors (Lipinski definition) is 2. The number of nitrogens with one attached hydrogen (secondary N) is 2. The minimum Gasteiger partial charge on any atom is -0.376 e. The summed E-state index contributed by atoms with van der Waals surface area (Å²) >= 11 is 5.78. The smallest absolute Gasteiger partial charge is 0.261 e. The van der Waals surface area contributed by atoms with Crippen molar-refractivity contribution in [2.45, 2.75) is 23.8 Å². The summed E-state index contributed by atoms with van der Waals surface area (Å²) in [6.45, 7) is 1.51. The molecule has 1 unspecified atom stereocenters. The van der Waals surface area contributed by atoms with E-state index in [1.807, 2.05) is 0 Å². The summed E-state index contributed by atoms with van der Waals surface area (Å²) in [4.78, 5) is 4.36. The van der Waals surface area contributed by atoms with Gasteiger partial charge in [0.1, 0.15) is 5.82 Å². The molecule has 6 nitrogen and oxygen atoms in total. The first-order chi connectivity index (χ1) is 11.5. The van der Waals surface area contributed by atoms with E-state index < -0.39 is 10.0 Å². The summed E-state index contributed by atoms with van der Waals surface area (Å²) < 4.78 is 32.6. The van der Waals surface area contributed by atoms with Crippen LogP contribution in [0.15, 0.2) is 47.5 Å². The van der Waals surface area contributed by atoms with Crippen LogP contribution in [0.25, 0.3) is 0 Å². The Labute approximate surface area is 146 Å². The Morgan fingerprint density at radius 1 is 1.21 bits per heavy atom. The number of nitrogens with zero attached hydrogens (tertiary/aromatic N) is 1. The third kappa shape index (κ3) is 4.37. The van der Waals surface area contributed by atoms with Gasteiger partial charge in [-0.1, -0.05) is 11.6 Å². The van der Waals surface area contributed by atoms with Gasteiger partial charge in [0.25, 0.3) is 10.0 Å². The van der Waals surface area contributed by atoms with E-state index in [1.165, 1.54) is 30.5 Å². The summed E-state index contributed by atoms with van der Waals surface area (Å²) in [7, 11) is -3.66. The molecule has 1 atom stereocenters. The molecule has 128 valence electrons. The lowest BCUT2D eigenvalue weighted by atomic mass is 10.2. The Kier molecular flexibility index (Phi) is 5.23. The third-order valence-corrected chi connectivity index (χ3v) is 5.32. The molecule has 24 heavy (non-hydrogen) atoms. The average molecular weight is 368 g/mol. The van der Waals surface area contributed by atoms with Gasteiger partial charge in [-0.15, -0.1) is 0 Å². The zero-order chi connectivity index (χ0) is 17.0. The number of hydrogen-bond acceptors (Lipinski definition) is 5. The van der Waals surface area contributed by atoms with Crippen LogP contribution in [0.1, 0.15) is 12.8 Å². The lowest BCUT2D eigenvalue weighted by Crippen LogP contribution is -2.19. The molecule has 2 aromatic rings. The monoisotopic (exact) mass is 367 g/mol. The SMILES string of the molecule is O=S(=O)(Nc1ccc(NCC2CCCO2)nc1)c1ccc(Cl)cc1. The number of halogens is 1. The molecule has 0 bridgehead atoms. The Morgan fingerprint density at radius 2 is 2.00 bits per heavy atom. The van der Waals surface area contributed by atoms with Crippen molar-refractivity contribution in [3.63, 3.8) is 0 Å². The number of aromatic nitrogens is 1. The molecule has 2 N–H and O–H groups in total. The predicted molar refractivity (Wildman–Crippen MR) is 94.0 cm³/mol. The third-order valence-electron chi connectivity index (χ3n) is 3.67. The number of anilines is 2. The van der Waals surface area contributed by atoms with Crippen LogP contribution in [0.4, 0.5) is 11.5 Å². The fourth-order valence-electron chi connectivity index (χ4n) is 2.41. The summed E-state index contributed by atoms with van der Waals surface area (Å²) in [5.41, 5.74) is 0.396. The molecule has 0 spiro atoms. The van der Waals surface area contributed by atoms with E-state index in [0.717, 1.165) is 19.4 Å². The summed E-state index contributed by atoms with van der Waals surface area (Å²) in [6, 6.07) is 9.37. The lowest BCUT2D eigenvalue weighted by molar-refractivity contribution is 0.120. The summed E-state index contributed by atoms with van der Waals surface area (Å²) in [5.74, 6) is 0.681. The molecule has 1 aromatic carbocycles. The Balaban J connectivity index is 1.61. The summed E-state index contributed by atoms with van der Waals surface area (Å²) in [5, 5.41) is 3.67. The van der Waals surface area contributed by atoms with Crippen molar-refractivity contribution in [2.24, 2.45) is 0 Å². The predicted octanol–water partition coefficient (Wildman–Crippen LogP) is 3.13. The number of sulfonamides is 1. The van der Waals surface area contributed by atoms with E-state index in [4.69, 9.17) is 16.3 Å². The minimum atomic E-state index is -3.66. The molecule has 0 aliphatic carbocycles. The van der Waals surface area contributed by atoms with Gasteiger partial charge >= 0.3 is 0 Å². The van der Waals surface area contributed by atoms with Crippen molar-refractivity contribution in [3.05, 3.63) is 47.6 Å². The topological polar surface area (TPSA) is 80.3 Å². The highest BCUT2D eigenvalue weighted by molar-refractivity contribution is 7.92. The Morgan fingerprint density at radius 3 is 2.62 bits per heavy atom. The largest absolute Gasteiger partial charge is 0.376 e. The van der Waals surface area contributed by atoms with E-state index in [9.17, 15) is 8.42 Å². The lowest BCUT2D eigenvalue weighted by Gasteiger charge is -2.12. The molecule has 0 radical (unpaired) electrons. The number of rotatable bonds is 6. The van der Waals surface area contributed by atoms with E-state index >= 15 is 0 Å². The maximum absolute atomic E-state index is 12.3. The first-order valence-corrected chi connectivity index (χ1v) is 9.49. The molecular formula is C16H18ClN3O3S. The van der Waals surface area contributed by atoms with Crippen LogP contribution in [0.2, 0.25) is 5.02 Å². The molecule has 1 aromatic heterocycles. The van der Waals surface area contributed by atoms with E-state index in [0.29, 0.717) is 23.1 Å². The molecule has 1 saturated heterocycles. The van der Waals surface area contributed by atoms with Crippen molar-refractivity contribution < 1.29 is 13.2 Å². The average Bonchev–Trinajstić information content (AvgIpc) is 3.08. The second kappa shape index (κ2) is 7.38. The van der Waals surface area contributed by atoms with Crippen LogP contribution in [-0.2, 0) is 14.8 Å². The first-order valence-electron chi connectivity index (χ1n) is 7.63. The van der Waals surface area contributed by atoms with Crippen LogP contribution >= 0.6 is 11.6 Å². The second-order valence-corrected chi connectivity index (χ2v) is 7.63. The van der Waals surface area contributed by atoms with Crippen molar-refractivity contribution in [1.82, 2.24) is 4.98 Å². The van der Waals surface area contributed by atoms with Crippen molar-refractivity contribution in [1.29, 1.82) is 0 Å². The van der Waals surface area contributed by atoms with Crippen LogP contribution in [0, 0.1) is 0 Å². The molecule has 8 heteroatoms. The Bertz CT molecular complexity index is 773. The number of pyridine rings is 1. The van der Waals surface area contributed by atoms with E-state index in [1.54, 1.807) is 12.1 Å². The molecule has 3 rings (SSSR count). The van der Waals surface area contributed by atoms with Gasteiger partial charge in [-0.05, 0) is 49.2 Å². The molecular weight excluding hydrogens is 350 g/mol. The van der Waals surface area contributed by atoms with Gasteiger partial charge in [-0.25, -0.2) is 13.4 Å². The van der Waals surface area contributed by atoms with Gasteiger partial charge in [0.15, 0.2) is 0 Å². The van der Waals surface area contributed by atoms with Gasteiger partial charge < -0.3 is 10.1 Å². The standard InChI is InChI=1S/C16H18ClN3O3S/c17-12-3-6-15(7-4-12)24(21,22)20-13-5-8-16(18-10-13)19-11-14-2-1-9-23-14/h3-8,10,14,20H,1-2,9,11H2,(H,18,19). The minimum absolute atomic E-state index is 0.146. The zero-order valence-corrected chi connectivity index (χ0v) is 14.5. The molecule has 2 heterocycles. The second-order valence-electron chi connectivity index (χ2n) is 5.51. The van der Waals surface area contributed by atoms with Crippen LogP contribution in [0.3, 0.4) is 0 Å². The van der Waals surface area contributed by atoms with Crippen molar-refractivity contribution in [2.75, 3.05) is 23.2 Å². The fraction of sp³-hybridized carbons (Fsp3) is 0.312. The van der Waals surface area contributed by atoms with Crippen molar-refractivity contribution in [3.8, 4) is 0 Å². The van der Waals surface area contributed by atoms with Crippen LogP contribution < -0.4 is 10.0 Å². The van der Waals surface area contributed by atoms with Gasteiger partial charge in [0.05, 0.1) is 22.9 Å². The van der Waals surface area contributed by atoms with Gasteiger partial charge in [0, 0.05) is 18.2 Å². The highest BCUT2D eigenvalue weighted by Gasteiger charge is 2.16. The van der Waals surface area contributed by atoms with E-state index in [-0.39, 0.29) is 11.0 Å². The molecule has 0 amide bonds. The summed E-state index contributed by atoms with van der Waals surface area (Å²) in [6.07, 6.45) is 3.83. The van der Waals surface area contributed by atoms with E-state index in [2.05, 4.69) is 15.0 Å². The first kappa shape index (κ1) is 17.0. The van der Waals surface area contributed by atoms with Crippen LogP contribution in [-0.4, -0.2) is 32.7 Å². The normalized spacial score (nSPS) is 17.6. The van der Waals surface area contributed by atoms with Gasteiger partial charge in [-0.3, -0.25) is 4.72 Å². The number of ether oxygens (including phenoxy) is 1. The molecule has 0 saturated carbocycles. The highest BCUT2D eigenvalue weighted by atomic mass is 35.5. The molecule has 1 aliphatic heterocycles. The van der Waals surface area contributed by atoms with Gasteiger partial charge in [-0.2, -0.15) is 0 Å². The Hall–Kier alpha value is -1.83. The quantitative estimate of drug-likeness (QED) is 0.819. The maximum Gasteiger partial charge on any atom is 0.261 e. The number of benzene rings is 1. The van der Waals surface area contributed by atoms with Crippen molar-refractivity contribution >= 4 is 33.1 Å². The fourth-order valence-corrected chi connectivity index (χ4v) is 3.58. The molecule has 1 aliphatic rings. The molecule has 1 fully saturated rings. The zero-order valence-electron chi connectivity index (χ0n) is 12.9. The van der Waals surface area contributed by atoms with Gasteiger partial charge in [0.2, 0.25) is 0 Å².